The number of rotatable bonds is 8. The van der Waals surface area contributed by atoms with Crippen molar-refractivity contribution in [3.05, 3.63) is 194 Å². The maximum Gasteiger partial charge on any atom is 0.269 e. The fourth-order valence-corrected chi connectivity index (χ4v) is 7.64. The second-order valence-corrected chi connectivity index (χ2v) is 15.3. The summed E-state index contributed by atoms with van der Waals surface area (Å²) in [5.74, 6) is 1.57. The molecule has 6 heteroatoms. The van der Waals surface area contributed by atoms with E-state index in [2.05, 4.69) is 43.8 Å². The van der Waals surface area contributed by atoms with Gasteiger partial charge in [0.05, 0.1) is 47.1 Å². The van der Waals surface area contributed by atoms with Gasteiger partial charge in [-0.15, -0.1) is 0 Å². The van der Waals surface area contributed by atoms with Crippen molar-refractivity contribution in [1.82, 2.24) is 14.1 Å². The molecule has 0 saturated carbocycles. The van der Waals surface area contributed by atoms with Crippen LogP contribution in [0.5, 0.6) is 11.5 Å². The number of hydrogen-bond donors (Lipinski definition) is 0. The summed E-state index contributed by atoms with van der Waals surface area (Å²) in [7, 11) is 0. The normalized spacial score (nSPS) is 16.0. The number of fused-ring (bicyclic) bond motifs is 4. The maximum absolute atomic E-state index is 9.09. The Morgan fingerprint density at radius 1 is 0.667 bits per heavy atom. The molecule has 10 rings (SSSR count). The van der Waals surface area contributed by atoms with E-state index in [1.54, 1.807) is 35.0 Å². The van der Waals surface area contributed by atoms with Crippen molar-refractivity contribution < 1.29 is 31.2 Å². The van der Waals surface area contributed by atoms with Gasteiger partial charge in [0.1, 0.15) is 17.3 Å². The van der Waals surface area contributed by atoms with Gasteiger partial charge in [0.25, 0.3) is 6.33 Å². The predicted octanol–water partition coefficient (Wildman–Crippen LogP) is 12.7. The van der Waals surface area contributed by atoms with E-state index in [1.807, 2.05) is 42.5 Å². The van der Waals surface area contributed by atoms with Gasteiger partial charge in [-0.3, -0.25) is 13.7 Å². The smallest absolute Gasteiger partial charge is 0.269 e. The summed E-state index contributed by atoms with van der Waals surface area (Å²) in [4.78, 5) is 5.09. The standard InChI is InChI=1S/C54H45N5O/c1-54(2,3)39-30-31-55-52(32-39)59-48-25-13-12-22-46(48)47-28-27-43(35-50(47)59)60-42-21-14-20-41(33-42)57-36-58(51-34-40(56(4)5)26-29-49(51)57)53-44(37-16-8-6-9-17-37)23-15-24-45(53)38-18-10-7-11-19-38/h6-35H,1-5H3/i4D3,5D3,6D,7D,8D,9D,10D,11D,16D,17D,18D,19D. The van der Waals surface area contributed by atoms with E-state index in [1.165, 1.54) is 41.0 Å². The molecule has 0 amide bonds. The first kappa shape index (κ1) is 23.2. The van der Waals surface area contributed by atoms with Crippen molar-refractivity contribution in [2.45, 2.75) is 26.2 Å². The summed E-state index contributed by atoms with van der Waals surface area (Å²) in [6.07, 6.45) is 5.08. The largest absolute Gasteiger partial charge is 0.458 e. The fourth-order valence-electron chi connectivity index (χ4n) is 7.64. The molecular formula is C54H45N5O. The summed E-state index contributed by atoms with van der Waals surface area (Å²) in [6, 6.07) is 26.7. The van der Waals surface area contributed by atoms with Crippen LogP contribution in [0.1, 0.15) is 48.3 Å². The zero-order valence-electron chi connectivity index (χ0n) is 48.7. The third-order valence-corrected chi connectivity index (χ3v) is 10.5. The molecule has 0 aliphatic carbocycles. The molecule has 0 aliphatic heterocycles. The van der Waals surface area contributed by atoms with E-state index in [0.717, 1.165) is 33.2 Å². The topological polar surface area (TPSA) is 39.1 Å². The Kier molecular flexibility index (Phi) is 5.71. The minimum atomic E-state index is -3.20. The Morgan fingerprint density at radius 3 is 2.10 bits per heavy atom. The van der Waals surface area contributed by atoms with Crippen LogP contribution in [0.25, 0.3) is 72.3 Å². The lowest BCUT2D eigenvalue weighted by Crippen LogP contribution is -2.31. The molecule has 0 unspecified atom stereocenters. The molecule has 0 saturated heterocycles. The molecule has 0 aliphatic rings. The van der Waals surface area contributed by atoms with E-state index in [9.17, 15) is 0 Å². The second kappa shape index (κ2) is 14.7. The van der Waals surface area contributed by atoms with Crippen LogP contribution in [0.4, 0.5) is 5.69 Å². The van der Waals surface area contributed by atoms with E-state index in [4.69, 9.17) is 31.7 Å². The Bertz CT molecular complexity index is 3860. The van der Waals surface area contributed by atoms with Gasteiger partial charge in [0.2, 0.25) is 0 Å². The van der Waals surface area contributed by atoms with Gasteiger partial charge < -0.3 is 9.64 Å². The van der Waals surface area contributed by atoms with Gasteiger partial charge in [-0.25, -0.2) is 4.98 Å². The summed E-state index contributed by atoms with van der Waals surface area (Å²) in [6.45, 7) is 0.0284. The predicted molar refractivity (Wildman–Crippen MR) is 246 cm³/mol. The lowest BCUT2D eigenvalue weighted by molar-refractivity contribution is -0.571. The number of nitrogens with zero attached hydrogens (tertiary/aromatic N) is 5. The maximum atomic E-state index is 9.09. The van der Waals surface area contributed by atoms with Crippen molar-refractivity contribution in [2.75, 3.05) is 18.9 Å². The third kappa shape index (κ3) is 6.56. The van der Waals surface area contributed by atoms with Crippen molar-refractivity contribution in [2.24, 2.45) is 0 Å². The molecule has 10 aromatic rings. The van der Waals surface area contributed by atoms with Gasteiger partial charge in [-0.2, -0.15) is 0 Å². The van der Waals surface area contributed by atoms with Crippen molar-refractivity contribution in [3.63, 3.8) is 0 Å². The van der Waals surface area contributed by atoms with Gasteiger partial charge >= 0.3 is 0 Å². The zero-order valence-corrected chi connectivity index (χ0v) is 32.7. The first-order valence-electron chi connectivity index (χ1n) is 27.1. The number of aromatic nitrogens is 4. The first-order valence-corrected chi connectivity index (χ1v) is 19.1. The molecule has 0 spiro atoms. The van der Waals surface area contributed by atoms with Crippen LogP contribution in [-0.2, 0) is 5.41 Å². The molecule has 0 atom stereocenters. The number of pyridine rings is 1. The Balaban J connectivity index is 1.22. The van der Waals surface area contributed by atoms with Crippen LogP contribution in [-0.4, -0.2) is 28.1 Å². The number of imidazole rings is 1. The quantitative estimate of drug-likeness (QED) is 0.114. The van der Waals surface area contributed by atoms with Crippen LogP contribution < -0.4 is 14.2 Å². The van der Waals surface area contributed by atoms with Crippen molar-refractivity contribution >= 4 is 38.5 Å². The lowest BCUT2D eigenvalue weighted by Gasteiger charge is -2.20. The highest BCUT2D eigenvalue weighted by Crippen LogP contribution is 2.38. The van der Waals surface area contributed by atoms with Crippen LogP contribution in [0.2, 0.25) is 0 Å². The number of benzene rings is 7. The highest BCUT2D eigenvalue weighted by Gasteiger charge is 2.22. The summed E-state index contributed by atoms with van der Waals surface area (Å²) < 4.78 is 149. The number of ether oxygens (including phenoxy) is 1. The molecule has 0 fully saturated rings. The third-order valence-electron chi connectivity index (χ3n) is 10.5. The molecule has 3 aromatic heterocycles. The van der Waals surface area contributed by atoms with Crippen LogP contribution in [0, 0.1) is 6.33 Å². The highest BCUT2D eigenvalue weighted by molar-refractivity contribution is 6.09. The van der Waals surface area contributed by atoms with Crippen molar-refractivity contribution in [1.29, 1.82) is 0 Å². The second-order valence-electron chi connectivity index (χ2n) is 15.3. The summed E-state index contributed by atoms with van der Waals surface area (Å²) >= 11 is 0. The van der Waals surface area contributed by atoms with Gasteiger partial charge in [0, 0.05) is 50.9 Å². The molecular weight excluding hydrogens is 735 g/mol. The SMILES string of the molecule is [2H]c1c([2H])c([2H])c(-c2cccc(-c3c([2H])c([2H])c([2H])c([2H])c3[2H])c2-[n+]2[c-]n(-c3cccc(Oc4ccc5c6ccccc6n(-c6cc(C(C)(C)C)ccn6)c5c4)c3)c3ccc(N(C([2H])([2H])[2H])C([2H])([2H])[2H])cc32)c([2H])c1[2H]. The zero-order chi connectivity index (χ0) is 54.7. The van der Waals surface area contributed by atoms with Gasteiger partial charge in [-0.1, -0.05) is 130 Å². The van der Waals surface area contributed by atoms with E-state index in [0.29, 0.717) is 22.1 Å². The molecule has 0 bridgehead atoms. The van der Waals surface area contributed by atoms with Crippen molar-refractivity contribution in [3.8, 4) is 50.9 Å². The average Bonchev–Trinajstić information content (AvgIpc) is 4.02. The molecule has 292 valence electrons. The molecule has 6 nitrogen and oxygen atoms in total. The number of anilines is 1. The average molecular weight is 796 g/mol. The molecule has 60 heavy (non-hydrogen) atoms. The lowest BCUT2D eigenvalue weighted by atomic mass is 9.88. The summed E-state index contributed by atoms with van der Waals surface area (Å²) in [5, 5.41) is 1.99. The number of para-hydroxylation sites is 2. The van der Waals surface area contributed by atoms with E-state index >= 15 is 0 Å². The molecule has 7 aromatic carbocycles. The van der Waals surface area contributed by atoms with E-state index in [-0.39, 0.29) is 50.1 Å². The van der Waals surface area contributed by atoms with Crippen LogP contribution >= 0.6 is 0 Å². The molecule has 3 heterocycles. The van der Waals surface area contributed by atoms with Crippen LogP contribution in [0.3, 0.4) is 0 Å². The van der Waals surface area contributed by atoms with Crippen LogP contribution in [0.15, 0.2) is 182 Å². The van der Waals surface area contributed by atoms with E-state index < -0.39 is 74.4 Å². The summed E-state index contributed by atoms with van der Waals surface area (Å²) in [5.41, 5.74) is 2.32. The molecule has 0 radical (unpaired) electrons. The Labute approximate surface area is 373 Å². The van der Waals surface area contributed by atoms with Gasteiger partial charge in [0.15, 0.2) is 0 Å². The number of hydrogen-bond acceptors (Lipinski definition) is 3. The highest BCUT2D eigenvalue weighted by atomic mass is 16.5. The molecule has 0 N–H and O–H groups in total. The fraction of sp³-hybridized carbons (Fsp3) is 0.111. The first-order chi connectivity index (χ1) is 35.8. The Morgan fingerprint density at radius 2 is 1.37 bits per heavy atom. The minimum Gasteiger partial charge on any atom is -0.458 e. The Hall–Kier alpha value is -7.44. The minimum absolute atomic E-state index is 0.0539. The monoisotopic (exact) mass is 795 g/mol. The van der Waals surface area contributed by atoms with Gasteiger partial charge in [-0.05, 0) is 93.9 Å².